The zero-order valence-corrected chi connectivity index (χ0v) is 8.97. The predicted molar refractivity (Wildman–Crippen MR) is 57.3 cm³/mol. The van der Waals surface area contributed by atoms with Crippen LogP contribution in [0.3, 0.4) is 0 Å². The van der Waals surface area contributed by atoms with Crippen LogP contribution < -0.4 is 4.74 Å². The highest BCUT2D eigenvalue weighted by molar-refractivity contribution is 5.29. The molecule has 0 aliphatic carbocycles. The minimum absolute atomic E-state index is 0.349. The molecule has 1 rings (SSSR count). The van der Waals surface area contributed by atoms with Crippen LogP contribution in [0.15, 0.2) is 24.3 Å². The van der Waals surface area contributed by atoms with Gasteiger partial charge >= 0.3 is 0 Å². The predicted octanol–water partition coefficient (Wildman–Crippen LogP) is 2.28. The standard InChI is InChI=1S/C12H15NO2/c1-3-9(8-13)12(14)10-4-6-11(15-2)7-5-10/h4-7,9,12,14H,3H2,1-2H3/t9-,12-/m1/s1. The number of methoxy groups -OCH3 is 1. The van der Waals surface area contributed by atoms with Crippen molar-refractivity contribution in [1.29, 1.82) is 5.26 Å². The number of nitrogens with zero attached hydrogens (tertiary/aromatic N) is 1. The summed E-state index contributed by atoms with van der Waals surface area (Å²) in [7, 11) is 1.59. The fraction of sp³-hybridized carbons (Fsp3) is 0.417. The molecule has 0 aliphatic heterocycles. The van der Waals surface area contributed by atoms with Crippen molar-refractivity contribution in [3.63, 3.8) is 0 Å². The first-order valence-corrected chi connectivity index (χ1v) is 4.94. The van der Waals surface area contributed by atoms with E-state index in [2.05, 4.69) is 6.07 Å². The smallest absolute Gasteiger partial charge is 0.118 e. The Kier molecular flexibility index (Phi) is 4.14. The van der Waals surface area contributed by atoms with Gasteiger partial charge < -0.3 is 9.84 Å². The molecule has 0 radical (unpaired) electrons. The number of rotatable bonds is 4. The largest absolute Gasteiger partial charge is 0.497 e. The summed E-state index contributed by atoms with van der Waals surface area (Å²) in [6, 6.07) is 9.22. The number of hydrogen-bond donors (Lipinski definition) is 1. The second-order valence-electron chi connectivity index (χ2n) is 3.36. The normalized spacial score (nSPS) is 14.0. The van der Waals surface area contributed by atoms with Crippen LogP contribution in [0.1, 0.15) is 25.0 Å². The minimum Gasteiger partial charge on any atom is -0.497 e. The van der Waals surface area contributed by atoms with Gasteiger partial charge in [0, 0.05) is 0 Å². The van der Waals surface area contributed by atoms with Gasteiger partial charge in [0.1, 0.15) is 5.75 Å². The van der Waals surface area contributed by atoms with Gasteiger partial charge in [-0.1, -0.05) is 19.1 Å². The maximum absolute atomic E-state index is 9.88. The molecule has 15 heavy (non-hydrogen) atoms. The van der Waals surface area contributed by atoms with Crippen LogP contribution in [-0.4, -0.2) is 12.2 Å². The van der Waals surface area contributed by atoms with Crippen molar-refractivity contribution < 1.29 is 9.84 Å². The molecular weight excluding hydrogens is 190 g/mol. The first-order chi connectivity index (χ1) is 7.22. The molecule has 3 nitrogen and oxygen atoms in total. The van der Waals surface area contributed by atoms with Crippen LogP contribution in [0.4, 0.5) is 0 Å². The van der Waals surface area contributed by atoms with Gasteiger partial charge in [-0.15, -0.1) is 0 Å². The molecule has 0 unspecified atom stereocenters. The monoisotopic (exact) mass is 205 g/mol. The van der Waals surface area contributed by atoms with Crippen molar-refractivity contribution in [3.8, 4) is 11.8 Å². The molecule has 0 aromatic heterocycles. The quantitative estimate of drug-likeness (QED) is 0.820. The van der Waals surface area contributed by atoms with E-state index in [0.717, 1.165) is 11.3 Å². The highest BCUT2D eigenvalue weighted by atomic mass is 16.5. The van der Waals surface area contributed by atoms with Crippen LogP contribution in [-0.2, 0) is 0 Å². The average Bonchev–Trinajstić information content (AvgIpc) is 2.30. The topological polar surface area (TPSA) is 53.2 Å². The van der Waals surface area contributed by atoms with Gasteiger partial charge in [0.15, 0.2) is 0 Å². The summed E-state index contributed by atoms with van der Waals surface area (Å²) in [6.07, 6.45) is -0.0742. The van der Waals surface area contributed by atoms with Gasteiger partial charge in [-0.05, 0) is 24.1 Å². The molecule has 0 saturated heterocycles. The van der Waals surface area contributed by atoms with E-state index >= 15 is 0 Å². The third kappa shape index (κ3) is 2.71. The van der Waals surface area contributed by atoms with Crippen LogP contribution in [0.2, 0.25) is 0 Å². The summed E-state index contributed by atoms with van der Waals surface area (Å²) in [5, 5.41) is 18.7. The third-order valence-corrected chi connectivity index (χ3v) is 2.44. The van der Waals surface area contributed by atoms with Crippen LogP contribution in [0, 0.1) is 17.2 Å². The highest BCUT2D eigenvalue weighted by Gasteiger charge is 2.18. The number of benzene rings is 1. The lowest BCUT2D eigenvalue weighted by Crippen LogP contribution is -2.09. The van der Waals surface area contributed by atoms with E-state index in [1.807, 2.05) is 6.92 Å². The maximum Gasteiger partial charge on any atom is 0.118 e. The van der Waals surface area contributed by atoms with E-state index in [1.165, 1.54) is 0 Å². The zero-order valence-electron chi connectivity index (χ0n) is 8.97. The molecule has 0 aliphatic rings. The highest BCUT2D eigenvalue weighted by Crippen LogP contribution is 2.25. The molecule has 1 N–H and O–H groups in total. The van der Waals surface area contributed by atoms with Gasteiger partial charge in [0.25, 0.3) is 0 Å². The van der Waals surface area contributed by atoms with E-state index in [4.69, 9.17) is 10.00 Å². The van der Waals surface area contributed by atoms with Crippen molar-refractivity contribution in [3.05, 3.63) is 29.8 Å². The number of aliphatic hydroxyl groups is 1. The summed E-state index contributed by atoms with van der Waals surface area (Å²) >= 11 is 0. The molecule has 1 aromatic rings. The first-order valence-electron chi connectivity index (χ1n) is 4.94. The van der Waals surface area contributed by atoms with Gasteiger partial charge in [0.05, 0.1) is 25.2 Å². The van der Waals surface area contributed by atoms with Crippen LogP contribution >= 0.6 is 0 Å². The molecule has 80 valence electrons. The Hall–Kier alpha value is -1.53. The molecule has 3 heteroatoms. The fourth-order valence-corrected chi connectivity index (χ4v) is 1.42. The zero-order chi connectivity index (χ0) is 11.3. The number of aliphatic hydroxyl groups excluding tert-OH is 1. The Balaban J connectivity index is 2.82. The summed E-state index contributed by atoms with van der Waals surface area (Å²) in [4.78, 5) is 0. The Bertz CT molecular complexity index is 340. The summed E-state index contributed by atoms with van der Waals surface area (Å²) in [6.45, 7) is 1.89. The number of ether oxygens (including phenoxy) is 1. The van der Waals surface area contributed by atoms with Crippen molar-refractivity contribution in [2.75, 3.05) is 7.11 Å². The van der Waals surface area contributed by atoms with Crippen molar-refractivity contribution in [2.24, 2.45) is 5.92 Å². The van der Waals surface area contributed by atoms with E-state index in [9.17, 15) is 5.11 Å². The van der Waals surface area contributed by atoms with Crippen LogP contribution in [0.25, 0.3) is 0 Å². The van der Waals surface area contributed by atoms with Gasteiger partial charge in [-0.2, -0.15) is 5.26 Å². The van der Waals surface area contributed by atoms with E-state index in [1.54, 1.807) is 31.4 Å². The lowest BCUT2D eigenvalue weighted by molar-refractivity contribution is 0.132. The number of hydrogen-bond acceptors (Lipinski definition) is 3. The van der Waals surface area contributed by atoms with Gasteiger partial charge in [-0.25, -0.2) is 0 Å². The molecular formula is C12H15NO2. The van der Waals surface area contributed by atoms with Gasteiger partial charge in [0.2, 0.25) is 0 Å². The molecule has 0 saturated carbocycles. The molecule has 1 aromatic carbocycles. The number of nitriles is 1. The Labute approximate surface area is 89.9 Å². The average molecular weight is 205 g/mol. The van der Waals surface area contributed by atoms with Crippen molar-refractivity contribution >= 4 is 0 Å². The lowest BCUT2D eigenvalue weighted by atomic mass is 9.95. The summed E-state index contributed by atoms with van der Waals surface area (Å²) < 4.78 is 5.02. The molecule has 0 bridgehead atoms. The van der Waals surface area contributed by atoms with Gasteiger partial charge in [-0.3, -0.25) is 0 Å². The van der Waals surface area contributed by atoms with E-state index < -0.39 is 6.10 Å². The lowest BCUT2D eigenvalue weighted by Gasteiger charge is -2.15. The minimum atomic E-state index is -0.717. The third-order valence-electron chi connectivity index (χ3n) is 2.44. The fourth-order valence-electron chi connectivity index (χ4n) is 1.42. The first kappa shape index (κ1) is 11.5. The van der Waals surface area contributed by atoms with E-state index in [0.29, 0.717) is 6.42 Å². The summed E-state index contributed by atoms with van der Waals surface area (Å²) in [5.74, 6) is 0.398. The second kappa shape index (κ2) is 5.38. The summed E-state index contributed by atoms with van der Waals surface area (Å²) in [5.41, 5.74) is 0.754. The van der Waals surface area contributed by atoms with Crippen molar-refractivity contribution in [1.82, 2.24) is 0 Å². The molecule has 0 amide bonds. The molecule has 2 atom stereocenters. The van der Waals surface area contributed by atoms with E-state index in [-0.39, 0.29) is 5.92 Å². The molecule has 0 fully saturated rings. The molecule has 0 heterocycles. The second-order valence-corrected chi connectivity index (χ2v) is 3.36. The Morgan fingerprint density at radius 2 is 2.00 bits per heavy atom. The SMILES string of the molecule is CC[C@H](C#N)[C@@H](O)c1ccc(OC)cc1. The Morgan fingerprint density at radius 3 is 2.40 bits per heavy atom. The maximum atomic E-state index is 9.88. The molecule has 0 spiro atoms. The van der Waals surface area contributed by atoms with Crippen LogP contribution in [0.5, 0.6) is 5.75 Å². The van der Waals surface area contributed by atoms with Crippen molar-refractivity contribution in [2.45, 2.75) is 19.4 Å². The Morgan fingerprint density at radius 1 is 1.40 bits per heavy atom.